The van der Waals surface area contributed by atoms with Gasteiger partial charge >= 0.3 is 0 Å². The molecule has 0 aliphatic heterocycles. The molecular formula is C31H28N2. The first-order chi connectivity index (χ1) is 16.0. The fourth-order valence-electron chi connectivity index (χ4n) is 3.64. The molecule has 2 nitrogen and oxygen atoms in total. The van der Waals surface area contributed by atoms with E-state index in [0.717, 1.165) is 28.0 Å². The molecule has 4 aromatic rings. The molecule has 0 N–H and O–H groups in total. The number of rotatable bonds is 5. The van der Waals surface area contributed by atoms with Gasteiger partial charge in [0.05, 0.1) is 5.70 Å². The molecule has 0 amide bonds. The number of hydrogen-bond donors (Lipinski definition) is 0. The monoisotopic (exact) mass is 428 g/mol. The number of aliphatic imine (C=N–C) groups is 2. The van der Waals surface area contributed by atoms with Gasteiger partial charge in [-0.05, 0) is 54.7 Å². The van der Waals surface area contributed by atoms with Crippen molar-refractivity contribution in [2.75, 3.05) is 0 Å². The van der Waals surface area contributed by atoms with Crippen molar-refractivity contribution in [1.29, 1.82) is 0 Å². The standard InChI is InChI=1S/C31H28N2/c1-22-18-19-30(20-23(22)2)29-17-11-16-28(21-29)25(4)33-31(27-14-9-6-10-15-27)32-24(3)26-12-7-5-8-13-26/h5-21H,4H2,1-3H3. The fourth-order valence-corrected chi connectivity index (χ4v) is 3.64. The molecular weight excluding hydrogens is 400 g/mol. The van der Waals surface area contributed by atoms with Crippen LogP contribution < -0.4 is 0 Å². The second-order valence-corrected chi connectivity index (χ2v) is 8.19. The molecule has 0 fully saturated rings. The summed E-state index contributed by atoms with van der Waals surface area (Å²) >= 11 is 0. The number of amidine groups is 1. The van der Waals surface area contributed by atoms with E-state index in [0.29, 0.717) is 11.5 Å². The number of benzene rings is 4. The Balaban J connectivity index is 1.72. The van der Waals surface area contributed by atoms with E-state index >= 15 is 0 Å². The molecule has 4 aromatic carbocycles. The first-order valence-electron chi connectivity index (χ1n) is 11.1. The highest BCUT2D eigenvalue weighted by Crippen LogP contribution is 2.26. The van der Waals surface area contributed by atoms with Crippen LogP contribution in [0.3, 0.4) is 0 Å². The molecule has 0 heterocycles. The third-order valence-electron chi connectivity index (χ3n) is 5.77. The topological polar surface area (TPSA) is 24.7 Å². The Bertz CT molecular complexity index is 1330. The van der Waals surface area contributed by atoms with E-state index in [1.807, 2.05) is 61.5 Å². The van der Waals surface area contributed by atoms with E-state index in [1.165, 1.54) is 16.7 Å². The van der Waals surface area contributed by atoms with Gasteiger partial charge in [-0.15, -0.1) is 0 Å². The quantitative estimate of drug-likeness (QED) is 0.228. The van der Waals surface area contributed by atoms with E-state index in [4.69, 9.17) is 9.98 Å². The Hall–Kier alpha value is -4.04. The molecule has 0 saturated carbocycles. The average Bonchev–Trinajstić information content (AvgIpc) is 2.86. The molecule has 0 aliphatic rings. The minimum Gasteiger partial charge on any atom is -0.233 e. The van der Waals surface area contributed by atoms with Crippen molar-refractivity contribution in [1.82, 2.24) is 0 Å². The molecule has 0 spiro atoms. The maximum absolute atomic E-state index is 4.89. The number of aryl methyl sites for hydroxylation is 2. The zero-order chi connectivity index (χ0) is 23.2. The highest BCUT2D eigenvalue weighted by Gasteiger charge is 2.08. The molecule has 162 valence electrons. The van der Waals surface area contributed by atoms with Gasteiger partial charge in [-0.25, -0.2) is 9.98 Å². The summed E-state index contributed by atoms with van der Waals surface area (Å²) in [7, 11) is 0. The van der Waals surface area contributed by atoms with Crippen LogP contribution in [0.1, 0.15) is 34.7 Å². The maximum Gasteiger partial charge on any atom is 0.160 e. The van der Waals surface area contributed by atoms with Crippen LogP contribution in [0.5, 0.6) is 0 Å². The lowest BCUT2D eigenvalue weighted by Gasteiger charge is -2.09. The average molecular weight is 429 g/mol. The van der Waals surface area contributed by atoms with Gasteiger partial charge in [0.15, 0.2) is 5.84 Å². The van der Waals surface area contributed by atoms with Crippen molar-refractivity contribution >= 4 is 17.2 Å². The van der Waals surface area contributed by atoms with E-state index < -0.39 is 0 Å². The molecule has 0 aliphatic carbocycles. The highest BCUT2D eigenvalue weighted by molar-refractivity contribution is 6.12. The molecule has 4 rings (SSSR count). The summed E-state index contributed by atoms with van der Waals surface area (Å²) in [6.07, 6.45) is 0. The van der Waals surface area contributed by atoms with Crippen LogP contribution in [-0.4, -0.2) is 11.5 Å². The van der Waals surface area contributed by atoms with Gasteiger partial charge in [0.25, 0.3) is 0 Å². The van der Waals surface area contributed by atoms with Crippen molar-refractivity contribution in [3.8, 4) is 11.1 Å². The second-order valence-electron chi connectivity index (χ2n) is 8.19. The Morgan fingerprint density at radius 3 is 1.85 bits per heavy atom. The van der Waals surface area contributed by atoms with Crippen molar-refractivity contribution in [3.63, 3.8) is 0 Å². The number of hydrogen-bond acceptors (Lipinski definition) is 1. The van der Waals surface area contributed by atoms with Crippen LogP contribution >= 0.6 is 0 Å². The van der Waals surface area contributed by atoms with Gasteiger partial charge in [0.2, 0.25) is 0 Å². The van der Waals surface area contributed by atoms with Crippen molar-refractivity contribution in [2.45, 2.75) is 20.8 Å². The molecule has 0 bridgehead atoms. The normalized spacial score (nSPS) is 12.0. The molecule has 0 unspecified atom stereocenters. The van der Waals surface area contributed by atoms with Crippen LogP contribution in [0.15, 0.2) is 120 Å². The lowest BCUT2D eigenvalue weighted by molar-refractivity contribution is 1.34. The molecule has 0 saturated heterocycles. The Morgan fingerprint density at radius 2 is 1.18 bits per heavy atom. The zero-order valence-corrected chi connectivity index (χ0v) is 19.4. The predicted octanol–water partition coefficient (Wildman–Crippen LogP) is 7.90. The smallest absolute Gasteiger partial charge is 0.160 e. The van der Waals surface area contributed by atoms with Crippen molar-refractivity contribution in [2.24, 2.45) is 9.98 Å². The van der Waals surface area contributed by atoms with Gasteiger partial charge in [0, 0.05) is 16.8 Å². The summed E-state index contributed by atoms with van der Waals surface area (Å²) in [5.41, 5.74) is 9.53. The first kappa shape index (κ1) is 22.2. The third kappa shape index (κ3) is 5.42. The van der Waals surface area contributed by atoms with E-state index in [-0.39, 0.29) is 0 Å². The van der Waals surface area contributed by atoms with Crippen LogP contribution in [0, 0.1) is 13.8 Å². The van der Waals surface area contributed by atoms with Gasteiger partial charge < -0.3 is 0 Å². The van der Waals surface area contributed by atoms with Crippen LogP contribution in [0.25, 0.3) is 16.8 Å². The zero-order valence-electron chi connectivity index (χ0n) is 19.4. The highest BCUT2D eigenvalue weighted by atomic mass is 14.9. The minimum absolute atomic E-state index is 0.651. The van der Waals surface area contributed by atoms with E-state index in [2.05, 4.69) is 69.0 Å². The lowest BCUT2D eigenvalue weighted by Crippen LogP contribution is -2.04. The first-order valence-corrected chi connectivity index (χ1v) is 11.1. The number of nitrogens with zero attached hydrogens (tertiary/aromatic N) is 2. The maximum atomic E-state index is 4.89. The van der Waals surface area contributed by atoms with Crippen LogP contribution in [0.2, 0.25) is 0 Å². The summed E-state index contributed by atoms with van der Waals surface area (Å²) in [6, 6.07) is 35.1. The largest absolute Gasteiger partial charge is 0.233 e. The van der Waals surface area contributed by atoms with Gasteiger partial charge in [0.1, 0.15) is 0 Å². The molecule has 2 heteroatoms. The molecule has 0 aromatic heterocycles. The fraction of sp³-hybridized carbons (Fsp3) is 0.0968. The summed E-state index contributed by atoms with van der Waals surface area (Å²) in [4.78, 5) is 9.77. The second kappa shape index (κ2) is 10.1. The van der Waals surface area contributed by atoms with Crippen molar-refractivity contribution < 1.29 is 0 Å². The van der Waals surface area contributed by atoms with Gasteiger partial charge in [-0.3, -0.25) is 0 Å². The SMILES string of the molecule is C=C(N=C(N=C(C)c1ccccc1)c1ccccc1)c1cccc(-c2ccc(C)c(C)c2)c1. The van der Waals surface area contributed by atoms with E-state index in [1.54, 1.807) is 0 Å². The molecule has 0 radical (unpaired) electrons. The third-order valence-corrected chi connectivity index (χ3v) is 5.77. The van der Waals surface area contributed by atoms with Crippen molar-refractivity contribution in [3.05, 3.63) is 138 Å². The minimum atomic E-state index is 0.651. The van der Waals surface area contributed by atoms with Crippen LogP contribution in [0.4, 0.5) is 0 Å². The lowest BCUT2D eigenvalue weighted by atomic mass is 9.98. The summed E-state index contributed by atoms with van der Waals surface area (Å²) < 4.78 is 0. The van der Waals surface area contributed by atoms with Crippen LogP contribution in [-0.2, 0) is 0 Å². The summed E-state index contributed by atoms with van der Waals surface area (Å²) in [5.74, 6) is 0.651. The summed E-state index contributed by atoms with van der Waals surface area (Å²) in [5, 5.41) is 0. The summed E-state index contributed by atoms with van der Waals surface area (Å²) in [6.45, 7) is 10.6. The molecule has 0 atom stereocenters. The Labute approximate surface area is 196 Å². The Kier molecular flexibility index (Phi) is 6.75. The molecule has 33 heavy (non-hydrogen) atoms. The van der Waals surface area contributed by atoms with Gasteiger partial charge in [-0.2, -0.15) is 0 Å². The Morgan fingerprint density at radius 1 is 0.576 bits per heavy atom. The van der Waals surface area contributed by atoms with Gasteiger partial charge in [-0.1, -0.05) is 104 Å². The predicted molar refractivity (Wildman–Crippen MR) is 142 cm³/mol. The van der Waals surface area contributed by atoms with E-state index in [9.17, 15) is 0 Å².